The number of aliphatic hydroxyl groups is 1. The minimum atomic E-state index is -0.431. The van der Waals surface area contributed by atoms with Gasteiger partial charge in [-0.3, -0.25) is 0 Å². The molecule has 0 fully saturated rings. The Bertz CT molecular complexity index is 288. The van der Waals surface area contributed by atoms with Gasteiger partial charge in [0.2, 0.25) is 0 Å². The van der Waals surface area contributed by atoms with Crippen molar-refractivity contribution in [2.75, 3.05) is 6.54 Å². The Morgan fingerprint density at radius 3 is 2.77 bits per heavy atom. The average molecular weight is 244 g/mol. The van der Waals surface area contributed by atoms with Crippen molar-refractivity contribution >= 4 is 15.9 Å². The molecule has 3 N–H and O–H groups in total. The molecule has 72 valence electrons. The van der Waals surface area contributed by atoms with E-state index in [4.69, 9.17) is 5.73 Å². The van der Waals surface area contributed by atoms with Crippen LogP contribution in [0.25, 0.3) is 0 Å². The maximum Gasteiger partial charge on any atom is 0.0702 e. The van der Waals surface area contributed by atoms with E-state index in [-0.39, 0.29) is 0 Å². The first-order chi connectivity index (χ1) is 6.13. The lowest BCUT2D eigenvalue weighted by atomic mass is 10.0. The minimum absolute atomic E-state index is 0.315. The lowest BCUT2D eigenvalue weighted by molar-refractivity contribution is 0.183. The maximum atomic E-state index is 9.37. The van der Waals surface area contributed by atoms with E-state index in [9.17, 15) is 5.11 Å². The molecule has 0 saturated heterocycles. The Morgan fingerprint density at radius 2 is 2.23 bits per heavy atom. The summed E-state index contributed by atoms with van der Waals surface area (Å²) in [6.07, 6.45) is 0.204. The van der Waals surface area contributed by atoms with E-state index in [2.05, 4.69) is 15.9 Å². The standard InChI is InChI=1S/C10H14BrNO/c1-7-4-9(11)3-2-8(7)5-10(13)6-12/h2-4,10,13H,5-6,12H2,1H3. The molecule has 1 aromatic rings. The molecule has 1 atom stereocenters. The topological polar surface area (TPSA) is 46.2 Å². The molecule has 0 aliphatic carbocycles. The molecule has 3 heteroatoms. The van der Waals surface area contributed by atoms with Crippen molar-refractivity contribution in [3.63, 3.8) is 0 Å². The summed E-state index contributed by atoms with van der Waals surface area (Å²) in [5, 5.41) is 9.37. The van der Waals surface area contributed by atoms with Crippen LogP contribution in [0.3, 0.4) is 0 Å². The summed E-state index contributed by atoms with van der Waals surface area (Å²) in [6.45, 7) is 2.35. The molecule has 1 rings (SSSR count). The molecule has 0 saturated carbocycles. The van der Waals surface area contributed by atoms with Gasteiger partial charge in [-0.25, -0.2) is 0 Å². The van der Waals surface area contributed by atoms with Crippen LogP contribution in [-0.2, 0) is 6.42 Å². The molecule has 2 nitrogen and oxygen atoms in total. The van der Waals surface area contributed by atoms with Crippen molar-refractivity contribution in [3.05, 3.63) is 33.8 Å². The number of aliphatic hydroxyl groups excluding tert-OH is 1. The number of hydrogen-bond acceptors (Lipinski definition) is 2. The molecule has 0 heterocycles. The molecular weight excluding hydrogens is 230 g/mol. The molecule has 0 aromatic heterocycles. The van der Waals surface area contributed by atoms with Crippen molar-refractivity contribution in [1.82, 2.24) is 0 Å². The fraction of sp³-hybridized carbons (Fsp3) is 0.400. The summed E-state index contributed by atoms with van der Waals surface area (Å²) in [5.41, 5.74) is 7.68. The summed E-state index contributed by atoms with van der Waals surface area (Å²) in [6, 6.07) is 6.03. The number of rotatable bonds is 3. The van der Waals surface area contributed by atoms with Gasteiger partial charge < -0.3 is 10.8 Å². The molecule has 0 radical (unpaired) electrons. The van der Waals surface area contributed by atoms with Crippen LogP contribution in [0.15, 0.2) is 22.7 Å². The highest BCUT2D eigenvalue weighted by Gasteiger charge is 2.05. The summed E-state index contributed by atoms with van der Waals surface area (Å²) < 4.78 is 1.07. The molecule has 0 aliphatic rings. The van der Waals surface area contributed by atoms with E-state index in [0.29, 0.717) is 13.0 Å². The first kappa shape index (κ1) is 10.7. The highest BCUT2D eigenvalue weighted by molar-refractivity contribution is 9.10. The summed E-state index contributed by atoms with van der Waals surface area (Å²) >= 11 is 3.39. The Balaban J connectivity index is 2.77. The van der Waals surface area contributed by atoms with Gasteiger partial charge in [0.05, 0.1) is 6.10 Å². The van der Waals surface area contributed by atoms with Crippen LogP contribution in [-0.4, -0.2) is 17.8 Å². The lowest BCUT2D eigenvalue weighted by Crippen LogP contribution is -2.22. The van der Waals surface area contributed by atoms with Gasteiger partial charge in [-0.1, -0.05) is 22.0 Å². The normalized spacial score (nSPS) is 12.9. The van der Waals surface area contributed by atoms with Crippen LogP contribution in [0.5, 0.6) is 0 Å². The Kier molecular flexibility index (Phi) is 3.90. The first-order valence-electron chi connectivity index (χ1n) is 4.26. The number of nitrogens with two attached hydrogens (primary N) is 1. The van der Waals surface area contributed by atoms with Crippen LogP contribution in [0, 0.1) is 6.92 Å². The van der Waals surface area contributed by atoms with Gasteiger partial charge in [0, 0.05) is 11.0 Å². The van der Waals surface area contributed by atoms with E-state index in [1.54, 1.807) is 0 Å². The summed E-state index contributed by atoms with van der Waals surface area (Å²) in [5.74, 6) is 0. The summed E-state index contributed by atoms with van der Waals surface area (Å²) in [7, 11) is 0. The average Bonchev–Trinajstić information content (AvgIpc) is 2.09. The first-order valence-corrected chi connectivity index (χ1v) is 5.06. The van der Waals surface area contributed by atoms with Crippen molar-refractivity contribution in [3.8, 4) is 0 Å². The maximum absolute atomic E-state index is 9.37. The van der Waals surface area contributed by atoms with E-state index in [1.807, 2.05) is 25.1 Å². The molecule has 0 spiro atoms. The van der Waals surface area contributed by atoms with E-state index < -0.39 is 6.10 Å². The SMILES string of the molecule is Cc1cc(Br)ccc1CC(O)CN. The third kappa shape index (κ3) is 3.10. The summed E-state index contributed by atoms with van der Waals surface area (Å²) in [4.78, 5) is 0. The largest absolute Gasteiger partial charge is 0.391 e. The predicted molar refractivity (Wildman–Crippen MR) is 57.6 cm³/mol. The van der Waals surface area contributed by atoms with Crippen LogP contribution in [0.2, 0.25) is 0 Å². The minimum Gasteiger partial charge on any atom is -0.391 e. The second-order valence-electron chi connectivity index (χ2n) is 3.16. The Morgan fingerprint density at radius 1 is 1.54 bits per heavy atom. The van der Waals surface area contributed by atoms with Crippen molar-refractivity contribution < 1.29 is 5.11 Å². The lowest BCUT2D eigenvalue weighted by Gasteiger charge is -2.10. The van der Waals surface area contributed by atoms with Gasteiger partial charge in [-0.2, -0.15) is 0 Å². The second-order valence-corrected chi connectivity index (χ2v) is 4.08. The van der Waals surface area contributed by atoms with Crippen LogP contribution in [0.4, 0.5) is 0 Å². The zero-order chi connectivity index (χ0) is 9.84. The molecular formula is C10H14BrNO. The van der Waals surface area contributed by atoms with Gasteiger partial charge in [0.25, 0.3) is 0 Å². The van der Waals surface area contributed by atoms with Crippen LogP contribution in [0.1, 0.15) is 11.1 Å². The van der Waals surface area contributed by atoms with Crippen molar-refractivity contribution in [2.24, 2.45) is 5.73 Å². The van der Waals surface area contributed by atoms with E-state index in [1.165, 1.54) is 5.56 Å². The molecule has 13 heavy (non-hydrogen) atoms. The molecule has 0 amide bonds. The fourth-order valence-electron chi connectivity index (χ4n) is 1.23. The molecule has 1 aromatic carbocycles. The third-order valence-electron chi connectivity index (χ3n) is 2.03. The highest BCUT2D eigenvalue weighted by atomic mass is 79.9. The Hall–Kier alpha value is -0.380. The fourth-order valence-corrected chi connectivity index (χ4v) is 1.70. The Labute approximate surface area is 86.9 Å². The van der Waals surface area contributed by atoms with Gasteiger partial charge in [-0.15, -0.1) is 0 Å². The van der Waals surface area contributed by atoms with Gasteiger partial charge >= 0.3 is 0 Å². The zero-order valence-corrected chi connectivity index (χ0v) is 9.21. The zero-order valence-electron chi connectivity index (χ0n) is 7.63. The smallest absolute Gasteiger partial charge is 0.0702 e. The number of halogens is 1. The number of benzene rings is 1. The predicted octanol–water partition coefficient (Wildman–Crippen LogP) is 1.62. The van der Waals surface area contributed by atoms with Crippen LogP contribution < -0.4 is 5.73 Å². The molecule has 1 unspecified atom stereocenters. The molecule has 0 bridgehead atoms. The van der Waals surface area contributed by atoms with Gasteiger partial charge in [0.1, 0.15) is 0 Å². The van der Waals surface area contributed by atoms with Crippen LogP contribution >= 0.6 is 15.9 Å². The quantitative estimate of drug-likeness (QED) is 0.848. The van der Waals surface area contributed by atoms with Crippen molar-refractivity contribution in [2.45, 2.75) is 19.4 Å². The number of hydrogen-bond donors (Lipinski definition) is 2. The molecule has 0 aliphatic heterocycles. The van der Waals surface area contributed by atoms with Gasteiger partial charge in [0.15, 0.2) is 0 Å². The second kappa shape index (κ2) is 4.74. The van der Waals surface area contributed by atoms with E-state index >= 15 is 0 Å². The van der Waals surface area contributed by atoms with Gasteiger partial charge in [-0.05, 0) is 36.6 Å². The monoisotopic (exact) mass is 243 g/mol. The highest BCUT2D eigenvalue weighted by Crippen LogP contribution is 2.16. The van der Waals surface area contributed by atoms with E-state index in [0.717, 1.165) is 10.0 Å². The number of aryl methyl sites for hydroxylation is 1. The van der Waals surface area contributed by atoms with Crippen molar-refractivity contribution in [1.29, 1.82) is 0 Å². The third-order valence-corrected chi connectivity index (χ3v) is 2.53.